The standard InChI is InChI=1S/C20H22N4O4/c1-12-11-13(2)24-19(21-12)18(14(3)23-24)20(27)22-15-6-8-16(9-7-15)28-10-4-5-17(25)26/h6-9,11H,4-5,10H2,1-3H3,(H,22,27)(H,25,26). The van der Waals surface area contributed by atoms with Crippen molar-refractivity contribution in [2.24, 2.45) is 0 Å². The minimum absolute atomic E-state index is 0.0696. The van der Waals surface area contributed by atoms with Gasteiger partial charge in [-0.2, -0.15) is 5.10 Å². The summed E-state index contributed by atoms with van der Waals surface area (Å²) in [6.45, 7) is 5.91. The maximum absolute atomic E-state index is 12.8. The van der Waals surface area contributed by atoms with Crippen molar-refractivity contribution in [3.8, 4) is 5.75 Å². The largest absolute Gasteiger partial charge is 0.494 e. The number of rotatable bonds is 7. The van der Waals surface area contributed by atoms with Gasteiger partial charge in [0, 0.05) is 23.5 Å². The van der Waals surface area contributed by atoms with E-state index in [0.717, 1.165) is 11.4 Å². The number of aryl methyl sites for hydroxylation is 3. The van der Waals surface area contributed by atoms with Crippen molar-refractivity contribution < 1.29 is 19.4 Å². The van der Waals surface area contributed by atoms with E-state index in [1.165, 1.54) is 0 Å². The summed E-state index contributed by atoms with van der Waals surface area (Å²) < 4.78 is 7.16. The number of anilines is 1. The lowest BCUT2D eigenvalue weighted by molar-refractivity contribution is -0.137. The molecule has 3 aromatic rings. The van der Waals surface area contributed by atoms with E-state index in [9.17, 15) is 9.59 Å². The van der Waals surface area contributed by atoms with Crippen molar-refractivity contribution in [3.05, 3.63) is 53.0 Å². The van der Waals surface area contributed by atoms with Crippen LogP contribution >= 0.6 is 0 Å². The monoisotopic (exact) mass is 382 g/mol. The van der Waals surface area contributed by atoms with Gasteiger partial charge in [-0.25, -0.2) is 9.50 Å². The van der Waals surface area contributed by atoms with Gasteiger partial charge >= 0.3 is 5.97 Å². The van der Waals surface area contributed by atoms with E-state index in [1.807, 2.05) is 19.9 Å². The topological polar surface area (TPSA) is 106 Å². The molecule has 0 unspecified atom stereocenters. The number of carboxylic acids is 1. The summed E-state index contributed by atoms with van der Waals surface area (Å²) in [4.78, 5) is 27.8. The van der Waals surface area contributed by atoms with Gasteiger partial charge < -0.3 is 15.2 Å². The van der Waals surface area contributed by atoms with Crippen LogP contribution in [0.25, 0.3) is 5.65 Å². The number of aromatic nitrogens is 3. The Kier molecular flexibility index (Phi) is 5.58. The summed E-state index contributed by atoms with van der Waals surface area (Å²) in [5, 5.41) is 15.9. The number of hydrogen-bond donors (Lipinski definition) is 2. The molecule has 28 heavy (non-hydrogen) atoms. The predicted molar refractivity (Wildman–Crippen MR) is 104 cm³/mol. The molecule has 146 valence electrons. The number of fused-ring (bicyclic) bond motifs is 1. The molecular weight excluding hydrogens is 360 g/mol. The van der Waals surface area contributed by atoms with E-state index in [1.54, 1.807) is 35.7 Å². The Bertz CT molecular complexity index is 1020. The van der Waals surface area contributed by atoms with Crippen molar-refractivity contribution in [2.75, 3.05) is 11.9 Å². The minimum atomic E-state index is -0.843. The van der Waals surface area contributed by atoms with Crippen LogP contribution in [0, 0.1) is 20.8 Å². The van der Waals surface area contributed by atoms with Gasteiger partial charge in [-0.1, -0.05) is 0 Å². The van der Waals surface area contributed by atoms with E-state index in [4.69, 9.17) is 9.84 Å². The fourth-order valence-corrected chi connectivity index (χ4v) is 2.93. The van der Waals surface area contributed by atoms with Crippen LogP contribution in [-0.2, 0) is 4.79 Å². The zero-order chi connectivity index (χ0) is 20.3. The summed E-state index contributed by atoms with van der Waals surface area (Å²) >= 11 is 0. The van der Waals surface area contributed by atoms with Gasteiger partial charge in [0.05, 0.1) is 12.3 Å². The molecule has 1 aromatic carbocycles. The van der Waals surface area contributed by atoms with E-state index in [2.05, 4.69) is 15.4 Å². The zero-order valence-electron chi connectivity index (χ0n) is 16.0. The number of aliphatic carboxylic acids is 1. The van der Waals surface area contributed by atoms with E-state index in [-0.39, 0.29) is 12.3 Å². The maximum Gasteiger partial charge on any atom is 0.303 e. The van der Waals surface area contributed by atoms with E-state index >= 15 is 0 Å². The highest BCUT2D eigenvalue weighted by molar-refractivity contribution is 6.09. The van der Waals surface area contributed by atoms with Gasteiger partial charge in [-0.15, -0.1) is 0 Å². The number of carboxylic acid groups (broad SMARTS) is 1. The lowest BCUT2D eigenvalue weighted by Crippen LogP contribution is -2.13. The Morgan fingerprint density at radius 1 is 1.18 bits per heavy atom. The lowest BCUT2D eigenvalue weighted by atomic mass is 10.2. The summed E-state index contributed by atoms with van der Waals surface area (Å²) in [5.41, 5.74) is 3.94. The van der Waals surface area contributed by atoms with Crippen LogP contribution in [0.5, 0.6) is 5.75 Å². The fourth-order valence-electron chi connectivity index (χ4n) is 2.93. The third kappa shape index (κ3) is 4.28. The first-order valence-corrected chi connectivity index (χ1v) is 8.94. The van der Waals surface area contributed by atoms with Gasteiger partial charge in [0.25, 0.3) is 5.91 Å². The van der Waals surface area contributed by atoms with Crippen molar-refractivity contribution in [2.45, 2.75) is 33.6 Å². The fraction of sp³-hybridized carbons (Fsp3) is 0.300. The number of nitrogens with zero attached hydrogens (tertiary/aromatic N) is 3. The highest BCUT2D eigenvalue weighted by Crippen LogP contribution is 2.20. The SMILES string of the molecule is Cc1cc(C)n2nc(C)c(C(=O)Nc3ccc(OCCCC(=O)O)cc3)c2n1. The first-order chi connectivity index (χ1) is 13.3. The van der Waals surface area contributed by atoms with Crippen molar-refractivity contribution in [1.82, 2.24) is 14.6 Å². The van der Waals surface area contributed by atoms with Crippen LogP contribution in [-0.4, -0.2) is 38.2 Å². The van der Waals surface area contributed by atoms with E-state index in [0.29, 0.717) is 41.4 Å². The third-order valence-corrected chi connectivity index (χ3v) is 4.21. The van der Waals surface area contributed by atoms with Crippen LogP contribution < -0.4 is 10.1 Å². The number of amides is 1. The predicted octanol–water partition coefficient (Wildman–Crippen LogP) is 3.15. The van der Waals surface area contributed by atoms with Crippen molar-refractivity contribution in [1.29, 1.82) is 0 Å². The highest BCUT2D eigenvalue weighted by Gasteiger charge is 2.19. The van der Waals surface area contributed by atoms with Crippen LogP contribution in [0.4, 0.5) is 5.69 Å². The molecule has 0 fully saturated rings. The molecule has 0 atom stereocenters. The molecular formula is C20H22N4O4. The number of carbonyl (C=O) groups excluding carboxylic acids is 1. The van der Waals surface area contributed by atoms with Crippen LogP contribution in [0.15, 0.2) is 30.3 Å². The zero-order valence-corrected chi connectivity index (χ0v) is 16.0. The van der Waals surface area contributed by atoms with Crippen molar-refractivity contribution in [3.63, 3.8) is 0 Å². The average Bonchev–Trinajstić information content (AvgIpc) is 2.96. The summed E-state index contributed by atoms with van der Waals surface area (Å²) in [5.74, 6) is -0.506. The summed E-state index contributed by atoms with van der Waals surface area (Å²) in [7, 11) is 0. The Hall–Kier alpha value is -3.42. The Labute approximate surface area is 162 Å². The van der Waals surface area contributed by atoms with Crippen LogP contribution in [0.1, 0.15) is 40.3 Å². The molecule has 0 saturated heterocycles. The Balaban J connectivity index is 1.71. The van der Waals surface area contributed by atoms with Crippen LogP contribution in [0.2, 0.25) is 0 Å². The quantitative estimate of drug-likeness (QED) is 0.608. The van der Waals surface area contributed by atoms with Gasteiger partial charge in [-0.05, 0) is 57.5 Å². The van der Waals surface area contributed by atoms with Crippen molar-refractivity contribution >= 4 is 23.2 Å². The second-order valence-electron chi connectivity index (χ2n) is 6.56. The molecule has 3 rings (SSSR count). The summed E-state index contributed by atoms with van der Waals surface area (Å²) in [6, 6.07) is 8.83. The molecule has 0 bridgehead atoms. The molecule has 0 radical (unpaired) electrons. The van der Waals surface area contributed by atoms with E-state index < -0.39 is 5.97 Å². The molecule has 2 aromatic heterocycles. The maximum atomic E-state index is 12.8. The van der Waals surface area contributed by atoms with Gasteiger partial charge in [-0.3, -0.25) is 9.59 Å². The molecule has 0 aliphatic rings. The molecule has 0 aliphatic carbocycles. The van der Waals surface area contributed by atoms with Gasteiger partial charge in [0.1, 0.15) is 11.3 Å². The molecule has 0 spiro atoms. The molecule has 0 aliphatic heterocycles. The molecule has 2 N–H and O–H groups in total. The number of hydrogen-bond acceptors (Lipinski definition) is 5. The summed E-state index contributed by atoms with van der Waals surface area (Å²) in [6.07, 6.45) is 0.508. The third-order valence-electron chi connectivity index (χ3n) is 4.21. The minimum Gasteiger partial charge on any atom is -0.494 e. The van der Waals surface area contributed by atoms with Gasteiger partial charge in [0.2, 0.25) is 0 Å². The Morgan fingerprint density at radius 3 is 2.57 bits per heavy atom. The average molecular weight is 382 g/mol. The molecule has 0 saturated carbocycles. The Morgan fingerprint density at radius 2 is 1.89 bits per heavy atom. The highest BCUT2D eigenvalue weighted by atomic mass is 16.5. The van der Waals surface area contributed by atoms with Crippen LogP contribution in [0.3, 0.4) is 0 Å². The second-order valence-corrected chi connectivity index (χ2v) is 6.56. The molecule has 2 heterocycles. The first kappa shape index (κ1) is 19.3. The number of ether oxygens (including phenoxy) is 1. The number of nitrogens with one attached hydrogen (secondary N) is 1. The molecule has 1 amide bonds. The number of carbonyl (C=O) groups is 2. The lowest BCUT2D eigenvalue weighted by Gasteiger charge is -2.08. The first-order valence-electron chi connectivity index (χ1n) is 8.94. The normalized spacial score (nSPS) is 10.8. The smallest absolute Gasteiger partial charge is 0.303 e. The molecule has 8 nitrogen and oxygen atoms in total. The number of benzene rings is 1. The second kappa shape index (κ2) is 8.08. The molecule has 8 heteroatoms. The van der Waals surface area contributed by atoms with Gasteiger partial charge in [0.15, 0.2) is 5.65 Å².